The zero-order valence-electron chi connectivity index (χ0n) is 10.4. The van der Waals surface area contributed by atoms with E-state index in [1.807, 2.05) is 6.07 Å². The van der Waals surface area contributed by atoms with E-state index >= 15 is 0 Å². The zero-order valence-corrected chi connectivity index (χ0v) is 12.6. The van der Waals surface area contributed by atoms with E-state index in [1.54, 1.807) is 6.07 Å². The maximum absolute atomic E-state index is 8.88. The molecule has 1 aliphatic carbocycles. The van der Waals surface area contributed by atoms with Gasteiger partial charge in [0.1, 0.15) is 0 Å². The number of hydrogen-bond donors (Lipinski definition) is 1. The van der Waals surface area contributed by atoms with Gasteiger partial charge in [0, 0.05) is 0 Å². The van der Waals surface area contributed by atoms with Crippen LogP contribution in [0.5, 0.6) is 5.75 Å². The molecule has 1 fully saturated rings. The van der Waals surface area contributed by atoms with Gasteiger partial charge in [-0.05, 0) is 59.9 Å². The quantitative estimate of drug-likeness (QED) is 0.649. The van der Waals surface area contributed by atoms with Crippen LogP contribution in [0.4, 0.5) is 5.69 Å². The van der Waals surface area contributed by atoms with Crippen molar-refractivity contribution < 1.29 is 4.74 Å². The highest BCUT2D eigenvalue weighted by Crippen LogP contribution is 2.34. The number of nitrogens with two attached hydrogens (primary N) is 1. The molecule has 0 aromatic heterocycles. The first-order valence-electron chi connectivity index (χ1n) is 6.26. The molecular weight excluding hydrogens is 339 g/mol. The summed E-state index contributed by atoms with van der Waals surface area (Å²) in [5.74, 6) is 1.47. The summed E-state index contributed by atoms with van der Waals surface area (Å²) in [6.07, 6.45) is 4.96. The van der Waals surface area contributed by atoms with Crippen LogP contribution >= 0.6 is 22.6 Å². The predicted molar refractivity (Wildman–Crippen MR) is 80.3 cm³/mol. The Morgan fingerprint density at radius 1 is 1.44 bits per heavy atom. The van der Waals surface area contributed by atoms with Crippen molar-refractivity contribution in [2.24, 2.45) is 5.92 Å². The largest absolute Gasteiger partial charge is 0.487 e. The van der Waals surface area contributed by atoms with Gasteiger partial charge in [-0.1, -0.05) is 13.3 Å². The monoisotopic (exact) mass is 356 g/mol. The lowest BCUT2D eigenvalue weighted by atomic mass is 9.89. The van der Waals surface area contributed by atoms with Gasteiger partial charge in [-0.3, -0.25) is 0 Å². The van der Waals surface area contributed by atoms with Gasteiger partial charge in [-0.15, -0.1) is 0 Å². The molecule has 1 aromatic carbocycles. The highest BCUT2D eigenvalue weighted by atomic mass is 127. The summed E-state index contributed by atoms with van der Waals surface area (Å²) in [5.41, 5.74) is 7.12. The second-order valence-electron chi connectivity index (χ2n) is 5.00. The fraction of sp³-hybridized carbons (Fsp3) is 0.500. The normalized spacial score (nSPS) is 23.4. The number of nitrogens with zero attached hydrogens (tertiary/aromatic N) is 1. The molecule has 4 heteroatoms. The molecule has 0 saturated heterocycles. The molecule has 2 atom stereocenters. The van der Waals surface area contributed by atoms with Gasteiger partial charge in [-0.2, -0.15) is 5.26 Å². The third-order valence-electron chi connectivity index (χ3n) is 3.37. The molecule has 2 unspecified atom stereocenters. The summed E-state index contributed by atoms with van der Waals surface area (Å²) in [6, 6.07) is 5.61. The van der Waals surface area contributed by atoms with E-state index in [9.17, 15) is 0 Å². The minimum Gasteiger partial charge on any atom is -0.487 e. The van der Waals surface area contributed by atoms with Crippen LogP contribution in [0, 0.1) is 20.8 Å². The van der Waals surface area contributed by atoms with Gasteiger partial charge in [0.25, 0.3) is 0 Å². The average molecular weight is 356 g/mol. The summed E-state index contributed by atoms with van der Waals surface area (Å²) >= 11 is 2.18. The molecule has 3 nitrogen and oxygen atoms in total. The average Bonchev–Trinajstić information content (AvgIpc) is 2.33. The number of halogens is 1. The molecule has 0 radical (unpaired) electrons. The lowest BCUT2D eigenvalue weighted by molar-refractivity contribution is 0.129. The lowest BCUT2D eigenvalue weighted by Crippen LogP contribution is -2.24. The first-order chi connectivity index (χ1) is 8.60. The van der Waals surface area contributed by atoms with Crippen LogP contribution in [0.1, 0.15) is 38.2 Å². The van der Waals surface area contributed by atoms with Crippen LogP contribution in [-0.4, -0.2) is 6.10 Å². The Bertz CT molecular complexity index is 458. The van der Waals surface area contributed by atoms with Crippen molar-refractivity contribution in [2.75, 3.05) is 5.73 Å². The third-order valence-corrected chi connectivity index (χ3v) is 4.18. The Kier molecular flexibility index (Phi) is 4.33. The Balaban J connectivity index is 2.16. The molecule has 0 bridgehead atoms. The SMILES string of the molecule is CC1CCCC(Oc2c(N)cc(C#N)cc2I)C1. The highest BCUT2D eigenvalue weighted by molar-refractivity contribution is 14.1. The number of ether oxygens (including phenoxy) is 1. The van der Waals surface area contributed by atoms with Gasteiger partial charge < -0.3 is 10.5 Å². The minimum absolute atomic E-state index is 0.262. The van der Waals surface area contributed by atoms with E-state index in [2.05, 4.69) is 35.6 Å². The Morgan fingerprint density at radius 2 is 2.22 bits per heavy atom. The molecule has 2 N–H and O–H groups in total. The van der Waals surface area contributed by atoms with Crippen molar-refractivity contribution in [3.8, 4) is 11.8 Å². The van der Waals surface area contributed by atoms with E-state index in [-0.39, 0.29) is 6.10 Å². The fourth-order valence-electron chi connectivity index (χ4n) is 2.46. The third kappa shape index (κ3) is 3.08. The van der Waals surface area contributed by atoms with Crippen LogP contribution in [0.2, 0.25) is 0 Å². The first-order valence-corrected chi connectivity index (χ1v) is 7.33. The van der Waals surface area contributed by atoms with E-state index < -0.39 is 0 Å². The number of rotatable bonds is 2. The molecular formula is C14H17IN2O. The zero-order chi connectivity index (χ0) is 13.1. The number of anilines is 1. The van der Waals surface area contributed by atoms with E-state index in [4.69, 9.17) is 15.7 Å². The van der Waals surface area contributed by atoms with Crippen molar-refractivity contribution in [1.29, 1.82) is 5.26 Å². The Morgan fingerprint density at radius 3 is 2.83 bits per heavy atom. The molecule has 96 valence electrons. The molecule has 1 aliphatic rings. The Labute approximate surface area is 121 Å². The predicted octanol–water partition coefficient (Wildman–Crippen LogP) is 3.70. The molecule has 0 spiro atoms. The van der Waals surface area contributed by atoms with E-state index in [0.717, 1.165) is 28.1 Å². The van der Waals surface area contributed by atoms with Gasteiger partial charge in [0.05, 0.1) is 27.0 Å². The second-order valence-corrected chi connectivity index (χ2v) is 6.16. The van der Waals surface area contributed by atoms with Crippen molar-refractivity contribution in [3.63, 3.8) is 0 Å². The fourth-order valence-corrected chi connectivity index (χ4v) is 3.23. The Hall–Kier alpha value is -0.960. The van der Waals surface area contributed by atoms with Crippen LogP contribution in [0.15, 0.2) is 12.1 Å². The molecule has 18 heavy (non-hydrogen) atoms. The van der Waals surface area contributed by atoms with Crippen LogP contribution < -0.4 is 10.5 Å². The number of nitriles is 1. The second kappa shape index (κ2) is 5.79. The standard InChI is InChI=1S/C14H17IN2O/c1-9-3-2-4-11(5-9)18-14-12(15)6-10(8-16)7-13(14)17/h6-7,9,11H,2-5,17H2,1H3. The van der Waals surface area contributed by atoms with Crippen LogP contribution in [0.3, 0.4) is 0 Å². The first kappa shape index (κ1) is 13.5. The molecule has 2 rings (SSSR count). The highest BCUT2D eigenvalue weighted by Gasteiger charge is 2.22. The molecule has 0 heterocycles. The van der Waals surface area contributed by atoms with Gasteiger partial charge >= 0.3 is 0 Å². The number of hydrogen-bond acceptors (Lipinski definition) is 3. The lowest BCUT2D eigenvalue weighted by Gasteiger charge is -2.28. The summed E-state index contributed by atoms with van der Waals surface area (Å²) < 4.78 is 6.96. The number of benzene rings is 1. The number of nitrogen functional groups attached to an aromatic ring is 1. The maximum atomic E-state index is 8.88. The van der Waals surface area contributed by atoms with E-state index in [0.29, 0.717) is 11.3 Å². The van der Waals surface area contributed by atoms with Crippen molar-refractivity contribution in [2.45, 2.75) is 38.7 Å². The van der Waals surface area contributed by atoms with Gasteiger partial charge in [0.15, 0.2) is 5.75 Å². The van der Waals surface area contributed by atoms with Gasteiger partial charge in [-0.25, -0.2) is 0 Å². The summed E-state index contributed by atoms with van der Waals surface area (Å²) in [5, 5.41) is 8.88. The molecule has 0 amide bonds. The van der Waals surface area contributed by atoms with Crippen molar-refractivity contribution in [1.82, 2.24) is 0 Å². The topological polar surface area (TPSA) is 59.0 Å². The molecule has 1 aromatic rings. The van der Waals surface area contributed by atoms with Gasteiger partial charge in [0.2, 0.25) is 0 Å². The van der Waals surface area contributed by atoms with Crippen LogP contribution in [-0.2, 0) is 0 Å². The molecule has 0 aliphatic heterocycles. The maximum Gasteiger partial charge on any atom is 0.155 e. The van der Waals surface area contributed by atoms with E-state index in [1.165, 1.54) is 12.8 Å². The summed E-state index contributed by atoms with van der Waals surface area (Å²) in [4.78, 5) is 0. The molecule has 1 saturated carbocycles. The minimum atomic E-state index is 0.262. The summed E-state index contributed by atoms with van der Waals surface area (Å²) in [6.45, 7) is 2.27. The van der Waals surface area contributed by atoms with Crippen LogP contribution in [0.25, 0.3) is 0 Å². The van der Waals surface area contributed by atoms with Crippen molar-refractivity contribution >= 4 is 28.3 Å². The van der Waals surface area contributed by atoms with Crippen molar-refractivity contribution in [3.05, 3.63) is 21.3 Å². The summed E-state index contributed by atoms with van der Waals surface area (Å²) in [7, 11) is 0. The smallest absolute Gasteiger partial charge is 0.155 e.